The highest BCUT2D eigenvalue weighted by atomic mass is 16.5. The second-order valence-electron chi connectivity index (χ2n) is 16.2. The maximum atomic E-state index is 14.6. The molecule has 0 aromatic carbocycles. The van der Waals surface area contributed by atoms with Gasteiger partial charge in [-0.1, -0.05) is 76.0 Å². The Morgan fingerprint density at radius 3 is 2.33 bits per heavy atom. The zero-order chi connectivity index (χ0) is 35.6. The molecule has 1 saturated carbocycles. The second kappa shape index (κ2) is 15.5. The summed E-state index contributed by atoms with van der Waals surface area (Å²) in [5.41, 5.74) is 1.12. The van der Waals surface area contributed by atoms with Crippen molar-refractivity contribution in [3.63, 3.8) is 0 Å². The number of aliphatic hydroxyl groups is 1. The van der Waals surface area contributed by atoms with E-state index in [1.54, 1.807) is 6.92 Å². The number of methoxy groups -OCH3 is 1. The summed E-state index contributed by atoms with van der Waals surface area (Å²) in [5.74, 6) is -3.10. The molecule has 2 aliphatic carbocycles. The third-order valence-electron chi connectivity index (χ3n) is 11.9. The van der Waals surface area contributed by atoms with Gasteiger partial charge in [0.1, 0.15) is 17.3 Å². The highest BCUT2D eigenvalue weighted by Gasteiger charge is 2.58. The van der Waals surface area contributed by atoms with Crippen molar-refractivity contribution in [2.24, 2.45) is 40.9 Å². The lowest BCUT2D eigenvalue weighted by molar-refractivity contribution is -0.164. The average molecular weight is 665 g/mol. The van der Waals surface area contributed by atoms with Crippen LogP contribution in [-0.4, -0.2) is 53.3 Å². The SMILES string of the molecule is COC(=O)C12CC(=O)C(C(C)C)CC(=O)C(C)CCCC(C)CC(=O)C1C=C(C)C1=CCC(C)(O)C3CC=C(C)C(CCC(C)=CC12)O3. The van der Waals surface area contributed by atoms with Gasteiger partial charge in [0, 0.05) is 37.0 Å². The molecule has 1 N–H and O–H groups in total. The van der Waals surface area contributed by atoms with Crippen molar-refractivity contribution in [2.45, 2.75) is 137 Å². The van der Waals surface area contributed by atoms with Gasteiger partial charge in [0.25, 0.3) is 0 Å². The van der Waals surface area contributed by atoms with Crippen molar-refractivity contribution in [1.82, 2.24) is 0 Å². The summed E-state index contributed by atoms with van der Waals surface area (Å²) in [5, 5.41) is 11.8. The van der Waals surface area contributed by atoms with Crippen LogP contribution in [0.15, 0.2) is 46.6 Å². The van der Waals surface area contributed by atoms with Crippen molar-refractivity contribution >= 4 is 23.3 Å². The van der Waals surface area contributed by atoms with E-state index in [4.69, 9.17) is 9.47 Å². The number of fused-ring (bicyclic) bond motifs is 5. The van der Waals surface area contributed by atoms with Crippen LogP contribution >= 0.6 is 0 Å². The fraction of sp³-hybridized carbons (Fsp3) is 0.707. The fourth-order valence-electron chi connectivity index (χ4n) is 8.57. The molecular formula is C41H60O7. The van der Waals surface area contributed by atoms with E-state index in [2.05, 4.69) is 26.0 Å². The molecule has 0 amide bonds. The summed E-state index contributed by atoms with van der Waals surface area (Å²) in [6, 6.07) is 0. The lowest BCUT2D eigenvalue weighted by atomic mass is 9.54. The molecule has 2 heterocycles. The summed E-state index contributed by atoms with van der Waals surface area (Å²) < 4.78 is 12.1. The van der Waals surface area contributed by atoms with E-state index in [0.717, 1.165) is 41.6 Å². The molecule has 1 fully saturated rings. The smallest absolute Gasteiger partial charge is 0.314 e. The number of carbonyl (C=O) groups excluding carboxylic acids is 4. The van der Waals surface area contributed by atoms with Crippen LogP contribution in [-0.2, 0) is 28.7 Å². The molecule has 7 heteroatoms. The number of ether oxygens (including phenoxy) is 2. The maximum absolute atomic E-state index is 14.6. The predicted octanol–water partition coefficient (Wildman–Crippen LogP) is 7.86. The van der Waals surface area contributed by atoms with E-state index >= 15 is 0 Å². The third-order valence-corrected chi connectivity index (χ3v) is 11.9. The first-order valence-electron chi connectivity index (χ1n) is 18.3. The van der Waals surface area contributed by atoms with Crippen LogP contribution in [0.25, 0.3) is 0 Å². The van der Waals surface area contributed by atoms with Gasteiger partial charge >= 0.3 is 5.97 Å². The first-order chi connectivity index (χ1) is 22.5. The van der Waals surface area contributed by atoms with Gasteiger partial charge in [0.15, 0.2) is 0 Å². The Bertz CT molecular complexity index is 1380. The zero-order valence-corrected chi connectivity index (χ0v) is 30.9. The molecule has 4 rings (SSSR count). The van der Waals surface area contributed by atoms with Gasteiger partial charge in [-0.05, 0) is 82.8 Å². The van der Waals surface area contributed by atoms with Gasteiger partial charge in [-0.15, -0.1) is 0 Å². The first-order valence-corrected chi connectivity index (χ1v) is 18.3. The highest BCUT2D eigenvalue weighted by molar-refractivity contribution is 5.98. The van der Waals surface area contributed by atoms with E-state index in [9.17, 15) is 24.3 Å². The molecule has 0 aromatic rings. The molecule has 0 saturated heterocycles. The second-order valence-corrected chi connectivity index (χ2v) is 16.2. The normalized spacial score (nSPS) is 37.7. The van der Waals surface area contributed by atoms with Crippen LogP contribution in [0.3, 0.4) is 0 Å². The highest BCUT2D eigenvalue weighted by Crippen LogP contribution is 2.54. The number of hydrogen-bond donors (Lipinski definition) is 1. The maximum Gasteiger partial charge on any atom is 0.314 e. The van der Waals surface area contributed by atoms with Crippen LogP contribution < -0.4 is 0 Å². The lowest BCUT2D eigenvalue weighted by Crippen LogP contribution is -2.53. The van der Waals surface area contributed by atoms with Gasteiger partial charge in [-0.25, -0.2) is 0 Å². The molecule has 48 heavy (non-hydrogen) atoms. The van der Waals surface area contributed by atoms with Crippen molar-refractivity contribution in [3.8, 4) is 0 Å². The monoisotopic (exact) mass is 664 g/mol. The average Bonchev–Trinajstić information content (AvgIpc) is 3.01. The number of esters is 1. The zero-order valence-electron chi connectivity index (χ0n) is 30.9. The topological polar surface area (TPSA) is 107 Å². The van der Waals surface area contributed by atoms with Crippen LogP contribution in [0.1, 0.15) is 120 Å². The summed E-state index contributed by atoms with van der Waals surface area (Å²) in [6.45, 7) is 15.8. The molecule has 2 bridgehead atoms. The number of rotatable bonds is 2. The molecule has 7 nitrogen and oxygen atoms in total. The minimum atomic E-state index is -1.54. The molecular weight excluding hydrogens is 604 g/mol. The Morgan fingerprint density at radius 2 is 1.67 bits per heavy atom. The fourth-order valence-corrected chi connectivity index (χ4v) is 8.57. The number of hydrogen-bond acceptors (Lipinski definition) is 7. The Labute approximate surface area is 288 Å². The van der Waals surface area contributed by atoms with Gasteiger partial charge in [-0.2, -0.15) is 0 Å². The van der Waals surface area contributed by atoms with E-state index in [0.29, 0.717) is 19.3 Å². The predicted molar refractivity (Wildman–Crippen MR) is 188 cm³/mol. The largest absolute Gasteiger partial charge is 0.469 e. The minimum absolute atomic E-state index is 0.0576. The molecule has 0 aromatic heterocycles. The Kier molecular flexibility index (Phi) is 12.3. The molecule has 9 unspecified atom stereocenters. The van der Waals surface area contributed by atoms with Crippen molar-refractivity contribution in [1.29, 1.82) is 0 Å². The van der Waals surface area contributed by atoms with Gasteiger partial charge in [-0.3, -0.25) is 19.2 Å². The molecule has 0 spiro atoms. The third kappa shape index (κ3) is 8.04. The lowest BCUT2D eigenvalue weighted by Gasteiger charge is -2.47. The Hall–Kier alpha value is -2.64. The summed E-state index contributed by atoms with van der Waals surface area (Å²) in [7, 11) is 1.33. The number of ketones is 3. The Balaban J connectivity index is 1.97. The van der Waals surface area contributed by atoms with E-state index < -0.39 is 40.8 Å². The van der Waals surface area contributed by atoms with Crippen molar-refractivity contribution in [2.75, 3.05) is 7.11 Å². The van der Waals surface area contributed by atoms with Crippen LogP contribution in [0.2, 0.25) is 0 Å². The quantitative estimate of drug-likeness (QED) is 0.237. The van der Waals surface area contributed by atoms with Crippen LogP contribution in [0, 0.1) is 40.9 Å². The first kappa shape index (κ1) is 38.2. The number of carbonyl (C=O) groups is 4. The number of Topliss-reactive ketones (excluding diaryl/α,β-unsaturated/α-hetero) is 3. The molecule has 2 aliphatic heterocycles. The standard InChI is InChI=1S/C41H60O7/c1-24(2)31-22-34(42)27(5)12-10-11-25(3)20-35(43)33-21-29(7)30-17-18-40(8,46)38-16-14-28(6)37(48-38)15-13-26(4)19-32(30)41(33,23-36(31)44)39(45)47-9/h14,17,19,21,24-25,27,31-33,37-38,46H,10-13,15-16,18,20,22-23H2,1-9H3. The van der Waals surface area contributed by atoms with E-state index in [1.807, 2.05) is 46.8 Å². The summed E-state index contributed by atoms with van der Waals surface area (Å²) >= 11 is 0. The van der Waals surface area contributed by atoms with E-state index in [-0.39, 0.29) is 66.9 Å². The van der Waals surface area contributed by atoms with Gasteiger partial charge in [0.05, 0.1) is 36.3 Å². The minimum Gasteiger partial charge on any atom is -0.469 e. The molecule has 9 atom stereocenters. The molecule has 266 valence electrons. The number of allylic oxidation sites excluding steroid dienone is 5. The van der Waals surface area contributed by atoms with Gasteiger partial charge in [0.2, 0.25) is 0 Å². The summed E-state index contributed by atoms with van der Waals surface area (Å²) in [6.07, 6.45) is 12.4. The van der Waals surface area contributed by atoms with Crippen molar-refractivity contribution < 1.29 is 33.8 Å². The Morgan fingerprint density at radius 1 is 0.958 bits per heavy atom. The summed E-state index contributed by atoms with van der Waals surface area (Å²) in [4.78, 5) is 57.2. The van der Waals surface area contributed by atoms with Crippen molar-refractivity contribution in [3.05, 3.63) is 46.6 Å². The van der Waals surface area contributed by atoms with Gasteiger partial charge < -0.3 is 14.6 Å². The van der Waals surface area contributed by atoms with Crippen LogP contribution in [0.4, 0.5) is 0 Å². The molecule has 0 radical (unpaired) electrons. The molecule has 4 aliphatic rings. The van der Waals surface area contributed by atoms with Crippen LogP contribution in [0.5, 0.6) is 0 Å². The van der Waals surface area contributed by atoms with E-state index in [1.165, 1.54) is 7.11 Å².